The third-order valence-electron chi connectivity index (χ3n) is 2.56. The third-order valence-corrected chi connectivity index (χ3v) is 2.56. The van der Waals surface area contributed by atoms with Crippen molar-refractivity contribution in [2.45, 2.75) is 12.5 Å². The number of carboxylic acids is 1. The van der Waals surface area contributed by atoms with Crippen molar-refractivity contribution in [3.05, 3.63) is 48.5 Å². The van der Waals surface area contributed by atoms with Crippen molar-refractivity contribution in [2.75, 3.05) is 0 Å². The lowest BCUT2D eigenvalue weighted by molar-refractivity contribution is -0.141. The number of hydrogen-bond acceptors (Lipinski definition) is 4. The molecule has 7 heteroatoms. The van der Waals surface area contributed by atoms with Gasteiger partial charge in [-0.1, -0.05) is 0 Å². The average Bonchev–Trinajstić information content (AvgIpc) is 3.08. The van der Waals surface area contributed by atoms with Gasteiger partial charge < -0.3 is 19.8 Å². The normalized spacial score (nSPS) is 12.4. The molecule has 2 heterocycles. The van der Waals surface area contributed by atoms with Crippen LogP contribution in [0.5, 0.6) is 0 Å². The maximum Gasteiger partial charge on any atom is 0.326 e. The summed E-state index contributed by atoms with van der Waals surface area (Å²) in [7, 11) is 0. The van der Waals surface area contributed by atoms with E-state index in [4.69, 9.17) is 9.52 Å². The van der Waals surface area contributed by atoms with Crippen molar-refractivity contribution in [1.82, 2.24) is 15.3 Å². The molecule has 0 aliphatic heterocycles. The highest BCUT2D eigenvalue weighted by atomic mass is 16.4. The van der Waals surface area contributed by atoms with Crippen molar-refractivity contribution in [1.29, 1.82) is 0 Å². The second-order valence-electron chi connectivity index (χ2n) is 4.07. The highest BCUT2D eigenvalue weighted by Gasteiger charge is 2.19. The topological polar surface area (TPSA) is 108 Å². The molecule has 0 bridgehead atoms. The summed E-state index contributed by atoms with van der Waals surface area (Å²) in [5.74, 6) is -1.59. The molecule has 0 saturated heterocycles. The monoisotopic (exact) mass is 275 g/mol. The Hall–Kier alpha value is -2.83. The summed E-state index contributed by atoms with van der Waals surface area (Å²) in [5.41, 5.74) is 1.36. The molecule has 7 nitrogen and oxygen atoms in total. The molecule has 0 radical (unpaired) electrons. The molecule has 2 rings (SSSR count). The number of H-pyrrole nitrogens is 1. The van der Waals surface area contributed by atoms with Gasteiger partial charge in [0.1, 0.15) is 6.04 Å². The minimum Gasteiger partial charge on any atom is -0.480 e. The van der Waals surface area contributed by atoms with Crippen LogP contribution in [0.4, 0.5) is 0 Å². The molecule has 104 valence electrons. The molecule has 0 aromatic carbocycles. The molecule has 2 aromatic heterocycles. The Bertz CT molecular complexity index is 587. The Morgan fingerprint density at radius 3 is 3.00 bits per heavy atom. The van der Waals surface area contributed by atoms with Gasteiger partial charge in [-0.05, 0) is 12.1 Å². The number of carbonyl (C=O) groups excluding carboxylic acids is 1. The van der Waals surface area contributed by atoms with Gasteiger partial charge in [0, 0.05) is 30.0 Å². The molecule has 3 N–H and O–H groups in total. The Kier molecular flexibility index (Phi) is 4.33. The quantitative estimate of drug-likeness (QED) is 0.676. The SMILES string of the molecule is O=C(/C=C/c1ccoc1)N[C@@H](Cc1cnc[nH]1)C(=O)O. The first-order chi connectivity index (χ1) is 9.65. The number of amides is 1. The number of furan rings is 1. The molecule has 0 spiro atoms. The summed E-state index contributed by atoms with van der Waals surface area (Å²) in [5, 5.41) is 11.5. The Balaban J connectivity index is 1.94. The van der Waals surface area contributed by atoms with Crippen molar-refractivity contribution in [3.8, 4) is 0 Å². The van der Waals surface area contributed by atoms with E-state index >= 15 is 0 Å². The van der Waals surface area contributed by atoms with E-state index in [-0.39, 0.29) is 6.42 Å². The smallest absolute Gasteiger partial charge is 0.326 e. The zero-order valence-electron chi connectivity index (χ0n) is 10.4. The van der Waals surface area contributed by atoms with Gasteiger partial charge in [-0.2, -0.15) is 0 Å². The van der Waals surface area contributed by atoms with Gasteiger partial charge in [0.15, 0.2) is 0 Å². The van der Waals surface area contributed by atoms with Gasteiger partial charge in [-0.25, -0.2) is 9.78 Å². The van der Waals surface area contributed by atoms with Crippen LogP contribution in [-0.2, 0) is 16.0 Å². The Morgan fingerprint density at radius 2 is 2.40 bits per heavy atom. The fourth-order valence-corrected chi connectivity index (χ4v) is 1.58. The molecule has 1 amide bonds. The number of carboxylic acid groups (broad SMARTS) is 1. The first kappa shape index (κ1) is 13.6. The van der Waals surface area contributed by atoms with Gasteiger partial charge >= 0.3 is 5.97 Å². The van der Waals surface area contributed by atoms with Crippen LogP contribution in [0.15, 0.2) is 41.6 Å². The van der Waals surface area contributed by atoms with Crippen LogP contribution in [0.1, 0.15) is 11.3 Å². The maximum atomic E-state index is 11.7. The summed E-state index contributed by atoms with van der Waals surface area (Å²) in [6, 6.07) is 0.667. The predicted molar refractivity (Wildman–Crippen MR) is 69.6 cm³/mol. The van der Waals surface area contributed by atoms with Gasteiger partial charge in [-0.15, -0.1) is 0 Å². The zero-order valence-corrected chi connectivity index (χ0v) is 10.4. The molecular formula is C13H13N3O4. The number of nitrogens with one attached hydrogen (secondary N) is 2. The fraction of sp³-hybridized carbons (Fsp3) is 0.154. The number of aromatic amines is 1. The van der Waals surface area contributed by atoms with E-state index in [9.17, 15) is 9.59 Å². The second kappa shape index (κ2) is 6.37. The van der Waals surface area contributed by atoms with E-state index in [1.54, 1.807) is 6.07 Å². The van der Waals surface area contributed by atoms with E-state index in [2.05, 4.69) is 15.3 Å². The van der Waals surface area contributed by atoms with Crippen molar-refractivity contribution >= 4 is 18.0 Å². The minimum atomic E-state index is -1.11. The summed E-state index contributed by atoms with van der Waals surface area (Å²) >= 11 is 0. The summed E-state index contributed by atoms with van der Waals surface area (Å²) < 4.78 is 4.85. The second-order valence-corrected chi connectivity index (χ2v) is 4.07. The van der Waals surface area contributed by atoms with Crippen LogP contribution < -0.4 is 5.32 Å². The number of nitrogens with zero attached hydrogens (tertiary/aromatic N) is 1. The molecule has 2 aromatic rings. The summed E-state index contributed by atoms with van der Waals surface area (Å²) in [6.07, 6.45) is 8.86. The summed E-state index contributed by atoms with van der Waals surface area (Å²) in [4.78, 5) is 29.4. The molecule has 0 unspecified atom stereocenters. The van der Waals surface area contributed by atoms with E-state index in [1.165, 1.54) is 37.2 Å². The lowest BCUT2D eigenvalue weighted by Gasteiger charge is -2.11. The van der Waals surface area contributed by atoms with Crippen LogP contribution in [-0.4, -0.2) is 33.0 Å². The molecule has 20 heavy (non-hydrogen) atoms. The molecular weight excluding hydrogens is 262 g/mol. The van der Waals surface area contributed by atoms with Gasteiger partial charge in [0.2, 0.25) is 5.91 Å². The standard InChI is InChI=1S/C13H13N3O4/c17-12(2-1-9-3-4-20-7-9)16-11(13(18)19)5-10-6-14-8-15-10/h1-4,6-8,11H,5H2,(H,14,15)(H,16,17)(H,18,19)/b2-1+/t11-/m0/s1. The van der Waals surface area contributed by atoms with Crippen LogP contribution in [0.2, 0.25) is 0 Å². The lowest BCUT2D eigenvalue weighted by Crippen LogP contribution is -2.41. The Morgan fingerprint density at radius 1 is 1.55 bits per heavy atom. The molecule has 0 aliphatic carbocycles. The first-order valence-corrected chi connectivity index (χ1v) is 5.86. The van der Waals surface area contributed by atoms with Gasteiger partial charge in [0.25, 0.3) is 0 Å². The third kappa shape index (κ3) is 3.84. The Labute approximate surface area is 114 Å². The van der Waals surface area contributed by atoms with Crippen LogP contribution in [0.3, 0.4) is 0 Å². The molecule has 0 fully saturated rings. The van der Waals surface area contributed by atoms with Crippen LogP contribution >= 0.6 is 0 Å². The van der Waals surface area contributed by atoms with Crippen molar-refractivity contribution in [2.24, 2.45) is 0 Å². The van der Waals surface area contributed by atoms with E-state index < -0.39 is 17.9 Å². The predicted octanol–water partition coefficient (Wildman–Crippen LogP) is 0.828. The largest absolute Gasteiger partial charge is 0.480 e. The highest BCUT2D eigenvalue weighted by Crippen LogP contribution is 2.03. The van der Waals surface area contributed by atoms with Crippen LogP contribution in [0.25, 0.3) is 6.08 Å². The summed E-state index contributed by atoms with van der Waals surface area (Å²) in [6.45, 7) is 0. The number of hydrogen-bond donors (Lipinski definition) is 3. The van der Waals surface area contributed by atoms with E-state index in [1.807, 2.05) is 0 Å². The highest BCUT2D eigenvalue weighted by molar-refractivity contribution is 5.94. The van der Waals surface area contributed by atoms with Crippen molar-refractivity contribution < 1.29 is 19.1 Å². The number of aliphatic carboxylic acids is 1. The average molecular weight is 275 g/mol. The number of rotatable bonds is 6. The first-order valence-electron chi connectivity index (χ1n) is 5.86. The zero-order chi connectivity index (χ0) is 14.4. The molecule has 0 aliphatic rings. The molecule has 0 saturated carbocycles. The van der Waals surface area contributed by atoms with Gasteiger partial charge in [-0.3, -0.25) is 4.79 Å². The maximum absolute atomic E-state index is 11.7. The van der Waals surface area contributed by atoms with E-state index in [0.717, 1.165) is 5.56 Å². The van der Waals surface area contributed by atoms with Crippen LogP contribution in [0, 0.1) is 0 Å². The number of imidazole rings is 1. The molecule has 1 atom stereocenters. The van der Waals surface area contributed by atoms with E-state index in [0.29, 0.717) is 5.69 Å². The van der Waals surface area contributed by atoms with Crippen molar-refractivity contribution in [3.63, 3.8) is 0 Å². The number of carbonyl (C=O) groups is 2. The van der Waals surface area contributed by atoms with Gasteiger partial charge in [0.05, 0.1) is 18.9 Å². The minimum absolute atomic E-state index is 0.140. The number of aromatic nitrogens is 2. The lowest BCUT2D eigenvalue weighted by atomic mass is 10.1. The fourth-order valence-electron chi connectivity index (χ4n) is 1.58.